The van der Waals surface area contributed by atoms with Gasteiger partial charge in [0, 0.05) is 17.8 Å². The van der Waals surface area contributed by atoms with Gasteiger partial charge in [0.25, 0.3) is 0 Å². The number of aliphatic imine (C=N–C) groups is 1. The van der Waals surface area contributed by atoms with Crippen LogP contribution >= 0.6 is 11.8 Å². The molecule has 2 unspecified atom stereocenters. The fourth-order valence-electron chi connectivity index (χ4n) is 1.20. The number of thioether (sulfide) groups is 1. The average molecular weight is 214 g/mol. The van der Waals surface area contributed by atoms with Crippen molar-refractivity contribution in [3.8, 4) is 0 Å². The fraction of sp³-hybridized carbons (Fsp3) is 0.909. The molecule has 0 aromatic heterocycles. The summed E-state index contributed by atoms with van der Waals surface area (Å²) in [6, 6.07) is 0. The molecule has 0 radical (unpaired) electrons. The van der Waals surface area contributed by atoms with E-state index in [0.717, 1.165) is 17.5 Å². The molecule has 0 bridgehead atoms. The van der Waals surface area contributed by atoms with Gasteiger partial charge in [0.05, 0.1) is 0 Å². The van der Waals surface area contributed by atoms with Crippen LogP contribution in [-0.2, 0) is 0 Å². The van der Waals surface area contributed by atoms with Crippen LogP contribution in [0.5, 0.6) is 0 Å². The van der Waals surface area contributed by atoms with E-state index in [9.17, 15) is 0 Å². The second-order valence-electron chi connectivity index (χ2n) is 4.49. The van der Waals surface area contributed by atoms with E-state index in [2.05, 4.69) is 38.0 Å². The molecule has 2 atom stereocenters. The molecule has 0 aromatic carbocycles. The molecule has 2 nitrogen and oxygen atoms in total. The summed E-state index contributed by atoms with van der Waals surface area (Å²) in [5.41, 5.74) is 0.277. The molecule has 1 heterocycles. The van der Waals surface area contributed by atoms with Gasteiger partial charge in [-0.25, -0.2) is 0 Å². The normalized spacial score (nSPS) is 31.9. The minimum Gasteiger partial charge on any atom is -0.359 e. The Labute approximate surface area is 92.0 Å². The molecule has 82 valence electrons. The summed E-state index contributed by atoms with van der Waals surface area (Å²) in [4.78, 5) is 4.61. The highest BCUT2D eigenvalue weighted by Crippen LogP contribution is 2.25. The van der Waals surface area contributed by atoms with Crippen LogP contribution in [0.25, 0.3) is 0 Å². The smallest absolute Gasteiger partial charge is 0.157 e. The van der Waals surface area contributed by atoms with Crippen LogP contribution in [0.2, 0.25) is 0 Å². The molecule has 1 saturated heterocycles. The highest BCUT2D eigenvalue weighted by atomic mass is 32.2. The summed E-state index contributed by atoms with van der Waals surface area (Å²) < 4.78 is 0. The zero-order valence-electron chi connectivity index (χ0n) is 9.76. The Kier molecular flexibility index (Phi) is 4.30. The van der Waals surface area contributed by atoms with Crippen LogP contribution in [0.15, 0.2) is 4.99 Å². The second-order valence-corrected chi connectivity index (χ2v) is 5.45. The molecule has 14 heavy (non-hydrogen) atoms. The zero-order chi connectivity index (χ0) is 10.6. The van der Waals surface area contributed by atoms with Crippen molar-refractivity contribution >= 4 is 16.9 Å². The Morgan fingerprint density at radius 2 is 2.29 bits per heavy atom. The highest BCUT2D eigenvalue weighted by molar-refractivity contribution is 8.14. The summed E-state index contributed by atoms with van der Waals surface area (Å²) in [6.07, 6.45) is 2.38. The van der Waals surface area contributed by atoms with Crippen molar-refractivity contribution in [3.63, 3.8) is 0 Å². The van der Waals surface area contributed by atoms with E-state index in [1.54, 1.807) is 0 Å². The van der Waals surface area contributed by atoms with Crippen molar-refractivity contribution in [1.29, 1.82) is 0 Å². The first-order chi connectivity index (χ1) is 6.59. The largest absolute Gasteiger partial charge is 0.359 e. The molecule has 1 aliphatic heterocycles. The van der Waals surface area contributed by atoms with Crippen LogP contribution in [0.4, 0.5) is 0 Å². The van der Waals surface area contributed by atoms with E-state index < -0.39 is 0 Å². The molecule has 1 fully saturated rings. The van der Waals surface area contributed by atoms with Gasteiger partial charge in [0.15, 0.2) is 5.17 Å². The number of rotatable bonds is 4. The van der Waals surface area contributed by atoms with E-state index in [1.165, 1.54) is 12.8 Å². The second kappa shape index (κ2) is 5.06. The summed E-state index contributed by atoms with van der Waals surface area (Å²) in [7, 11) is 0. The Balaban J connectivity index is 2.41. The average Bonchev–Trinajstić information content (AvgIpc) is 2.58. The highest BCUT2D eigenvalue weighted by Gasteiger charge is 2.30. The molecule has 0 spiro atoms. The number of hydrogen-bond acceptors (Lipinski definition) is 2. The first-order valence-corrected chi connectivity index (χ1v) is 6.53. The predicted octanol–water partition coefficient (Wildman–Crippen LogP) is 2.89. The van der Waals surface area contributed by atoms with Gasteiger partial charge in [-0.1, -0.05) is 39.0 Å². The van der Waals surface area contributed by atoms with Gasteiger partial charge in [-0.2, -0.15) is 0 Å². The molecule has 1 aliphatic rings. The van der Waals surface area contributed by atoms with Gasteiger partial charge >= 0.3 is 0 Å². The Morgan fingerprint density at radius 3 is 2.79 bits per heavy atom. The van der Waals surface area contributed by atoms with Crippen LogP contribution < -0.4 is 5.32 Å². The molecule has 0 saturated carbocycles. The zero-order valence-corrected chi connectivity index (χ0v) is 10.6. The SMILES string of the molecule is CCC(C)CN=C1NC(C)(CC)CS1. The van der Waals surface area contributed by atoms with Crippen LogP contribution in [-0.4, -0.2) is 23.0 Å². The lowest BCUT2D eigenvalue weighted by Gasteiger charge is -2.20. The third kappa shape index (κ3) is 3.19. The molecule has 0 aliphatic carbocycles. The van der Waals surface area contributed by atoms with E-state index in [-0.39, 0.29) is 5.54 Å². The maximum atomic E-state index is 4.61. The van der Waals surface area contributed by atoms with Crippen molar-refractivity contribution < 1.29 is 0 Å². The van der Waals surface area contributed by atoms with Gasteiger partial charge in [-0.15, -0.1) is 0 Å². The summed E-state index contributed by atoms with van der Waals surface area (Å²) in [5, 5.41) is 4.66. The van der Waals surface area contributed by atoms with E-state index >= 15 is 0 Å². The van der Waals surface area contributed by atoms with E-state index in [0.29, 0.717) is 5.92 Å². The van der Waals surface area contributed by atoms with Gasteiger partial charge < -0.3 is 5.32 Å². The molecule has 1 rings (SSSR count). The first-order valence-electron chi connectivity index (χ1n) is 5.55. The van der Waals surface area contributed by atoms with Crippen molar-refractivity contribution in [1.82, 2.24) is 5.32 Å². The lowest BCUT2D eigenvalue weighted by Crippen LogP contribution is -2.39. The fourth-order valence-corrected chi connectivity index (χ4v) is 2.42. The maximum Gasteiger partial charge on any atom is 0.157 e. The van der Waals surface area contributed by atoms with Crippen molar-refractivity contribution in [3.05, 3.63) is 0 Å². The quantitative estimate of drug-likeness (QED) is 0.778. The number of nitrogens with zero attached hydrogens (tertiary/aromatic N) is 1. The van der Waals surface area contributed by atoms with Gasteiger partial charge in [0.2, 0.25) is 0 Å². The topological polar surface area (TPSA) is 24.4 Å². The standard InChI is InChI=1S/C11H22N2S/c1-5-9(3)7-12-10-13-11(4,6-2)8-14-10/h9H,5-8H2,1-4H3,(H,12,13). The lowest BCUT2D eigenvalue weighted by atomic mass is 10.0. The Bertz CT molecular complexity index is 215. The van der Waals surface area contributed by atoms with Gasteiger partial charge in [-0.3, -0.25) is 4.99 Å². The van der Waals surface area contributed by atoms with Crippen molar-refractivity contribution in [2.24, 2.45) is 10.9 Å². The molecule has 0 aromatic rings. The third-order valence-corrected chi connectivity index (χ3v) is 4.25. The van der Waals surface area contributed by atoms with Crippen molar-refractivity contribution in [2.75, 3.05) is 12.3 Å². The van der Waals surface area contributed by atoms with Crippen LogP contribution in [0, 0.1) is 5.92 Å². The number of hydrogen-bond donors (Lipinski definition) is 1. The molecule has 0 amide bonds. The lowest BCUT2D eigenvalue weighted by molar-refractivity contribution is 0.465. The summed E-state index contributed by atoms with van der Waals surface area (Å²) in [5.74, 6) is 1.86. The Morgan fingerprint density at radius 1 is 1.57 bits per heavy atom. The third-order valence-electron chi connectivity index (χ3n) is 2.96. The maximum absolute atomic E-state index is 4.61. The van der Waals surface area contributed by atoms with Gasteiger partial charge in [-0.05, 0) is 19.3 Å². The predicted molar refractivity (Wildman–Crippen MR) is 66.0 cm³/mol. The summed E-state index contributed by atoms with van der Waals surface area (Å²) >= 11 is 1.87. The van der Waals surface area contributed by atoms with E-state index in [1.807, 2.05) is 11.8 Å². The number of amidine groups is 1. The summed E-state index contributed by atoms with van der Waals surface area (Å²) in [6.45, 7) is 9.93. The molecular formula is C11H22N2S. The Hall–Kier alpha value is -0.180. The molecule has 3 heteroatoms. The minimum absolute atomic E-state index is 0.277. The van der Waals surface area contributed by atoms with Crippen molar-refractivity contribution in [2.45, 2.75) is 46.1 Å². The van der Waals surface area contributed by atoms with Crippen LogP contribution in [0.3, 0.4) is 0 Å². The minimum atomic E-state index is 0.277. The van der Waals surface area contributed by atoms with Gasteiger partial charge in [0.1, 0.15) is 0 Å². The molecule has 1 N–H and O–H groups in total. The monoisotopic (exact) mass is 214 g/mol. The first kappa shape index (κ1) is 11.9. The van der Waals surface area contributed by atoms with E-state index in [4.69, 9.17) is 0 Å². The molecular weight excluding hydrogens is 192 g/mol. The number of nitrogens with one attached hydrogen (secondary N) is 1. The van der Waals surface area contributed by atoms with Crippen LogP contribution in [0.1, 0.15) is 40.5 Å².